The van der Waals surface area contributed by atoms with Gasteiger partial charge in [-0.2, -0.15) is 0 Å². The van der Waals surface area contributed by atoms with Gasteiger partial charge in [0, 0.05) is 35.9 Å². The molecule has 2 aromatic rings. The highest BCUT2D eigenvalue weighted by Gasteiger charge is 2.45. The Kier molecular flexibility index (Phi) is 7.08. The number of esters is 1. The predicted molar refractivity (Wildman–Crippen MR) is 147 cm³/mol. The number of nitrogens with zero attached hydrogens (tertiary/aromatic N) is 1. The topological polar surface area (TPSA) is 68.2 Å². The Bertz CT molecular complexity index is 1200. The Morgan fingerprint density at radius 3 is 2.87 bits per heavy atom. The molecule has 2 heterocycles. The molecule has 1 spiro atoms. The van der Waals surface area contributed by atoms with Crippen molar-refractivity contribution >= 4 is 23.3 Å². The smallest absolute Gasteiger partial charge is 0.337 e. The summed E-state index contributed by atoms with van der Waals surface area (Å²) in [6.45, 7) is 4.95. The maximum atomic E-state index is 12.5. The number of aliphatic hydroxyl groups is 1. The van der Waals surface area contributed by atoms with Crippen molar-refractivity contribution in [3.05, 3.63) is 58.1 Å². The van der Waals surface area contributed by atoms with Crippen molar-refractivity contribution < 1.29 is 24.1 Å². The number of aliphatic hydroxyl groups excluding tert-OH is 1. The highest BCUT2D eigenvalue weighted by molar-refractivity contribution is 6.30. The fourth-order valence-corrected chi connectivity index (χ4v) is 7.37. The zero-order valence-corrected chi connectivity index (χ0v) is 23.1. The van der Waals surface area contributed by atoms with Crippen LogP contribution in [0.2, 0.25) is 5.02 Å². The molecule has 1 N–H and O–H groups in total. The molecule has 1 unspecified atom stereocenters. The average Bonchev–Trinajstić information content (AvgIpc) is 3.05. The van der Waals surface area contributed by atoms with Crippen LogP contribution < -0.4 is 9.64 Å². The van der Waals surface area contributed by atoms with E-state index in [1.807, 2.05) is 18.2 Å². The van der Waals surface area contributed by atoms with Gasteiger partial charge in [0.05, 0.1) is 43.8 Å². The van der Waals surface area contributed by atoms with Gasteiger partial charge in [-0.15, -0.1) is 0 Å². The molecule has 0 radical (unpaired) electrons. The van der Waals surface area contributed by atoms with Crippen molar-refractivity contribution in [2.45, 2.75) is 63.1 Å². The quantitative estimate of drug-likeness (QED) is 0.524. The first kappa shape index (κ1) is 26.0. The number of halogens is 1. The summed E-state index contributed by atoms with van der Waals surface area (Å²) in [4.78, 5) is 14.9. The molecular formula is C31H38ClNO5. The van der Waals surface area contributed by atoms with Gasteiger partial charge in [0.2, 0.25) is 0 Å². The van der Waals surface area contributed by atoms with E-state index in [4.69, 9.17) is 25.8 Å². The van der Waals surface area contributed by atoms with Gasteiger partial charge in [-0.25, -0.2) is 4.79 Å². The zero-order valence-electron chi connectivity index (χ0n) is 22.3. The Labute approximate surface area is 230 Å². The summed E-state index contributed by atoms with van der Waals surface area (Å²) in [5, 5.41) is 11.3. The molecule has 1 saturated heterocycles. The van der Waals surface area contributed by atoms with Crippen molar-refractivity contribution in [3.63, 3.8) is 0 Å². The number of rotatable bonds is 4. The van der Waals surface area contributed by atoms with Crippen LogP contribution in [-0.4, -0.2) is 56.7 Å². The first-order chi connectivity index (χ1) is 18.4. The summed E-state index contributed by atoms with van der Waals surface area (Å²) >= 11 is 6.39. The van der Waals surface area contributed by atoms with Crippen LogP contribution >= 0.6 is 11.6 Å². The van der Waals surface area contributed by atoms with E-state index >= 15 is 0 Å². The van der Waals surface area contributed by atoms with Crippen molar-refractivity contribution in [1.82, 2.24) is 0 Å². The van der Waals surface area contributed by atoms with Crippen LogP contribution in [-0.2, 0) is 21.3 Å². The molecular weight excluding hydrogens is 502 g/mol. The third-order valence-electron chi connectivity index (χ3n) is 9.57. The lowest BCUT2D eigenvalue weighted by molar-refractivity contribution is -0.124. The van der Waals surface area contributed by atoms with Gasteiger partial charge in [0.25, 0.3) is 0 Å². The molecule has 6 atom stereocenters. The Balaban J connectivity index is 1.33. The molecule has 4 aliphatic rings. The molecule has 0 amide bonds. The fraction of sp³-hybridized carbons (Fsp3) is 0.581. The third kappa shape index (κ3) is 4.69. The summed E-state index contributed by atoms with van der Waals surface area (Å²) in [6.07, 6.45) is 5.95. The number of methoxy groups -OCH3 is 1. The molecule has 0 aromatic heterocycles. The summed E-state index contributed by atoms with van der Waals surface area (Å²) in [7, 11) is 1.42. The van der Waals surface area contributed by atoms with Crippen molar-refractivity contribution in [3.8, 4) is 5.75 Å². The lowest BCUT2D eigenvalue weighted by atomic mass is 9.67. The molecule has 38 heavy (non-hydrogen) atoms. The van der Waals surface area contributed by atoms with E-state index < -0.39 is 0 Å². The average molecular weight is 540 g/mol. The molecule has 0 bridgehead atoms. The SMILES string of the molecule is COC(=O)c1ccc2c(c1)N(C[C@@H]1CC[C@H]1[C@H]1C[C@@H](O)[C@H](C)CO1)CC1(CCCc3cc(Cl)ccc31)CO2. The highest BCUT2D eigenvalue weighted by Crippen LogP contribution is 2.47. The lowest BCUT2D eigenvalue weighted by Gasteiger charge is -2.48. The minimum atomic E-state index is -0.343. The van der Waals surface area contributed by atoms with Gasteiger partial charge >= 0.3 is 5.97 Å². The second-order valence-electron chi connectivity index (χ2n) is 11.9. The van der Waals surface area contributed by atoms with Gasteiger partial charge in [-0.05, 0) is 85.4 Å². The van der Waals surface area contributed by atoms with E-state index in [0.717, 1.165) is 61.7 Å². The number of carbonyl (C=O) groups excluding carboxylic acids is 1. The standard InChI is InChI=1S/C31H38ClNO5/c1-19-16-37-29(14-27(19)34)24-8-5-22(24)15-33-17-31(11-3-4-20-12-23(32)7-9-25(20)31)18-38-28-10-6-21(13-26(28)33)30(35)36-2/h6-7,9-10,12-13,19,22,24,27,29,34H,3-5,8,11,14-18H2,1-2H3/t19-,22+,24-,27-,29-,31?/m1/s1. The number of aryl methyl sites for hydroxylation is 1. The van der Waals surface area contributed by atoms with Crippen LogP contribution in [0.4, 0.5) is 5.69 Å². The van der Waals surface area contributed by atoms with Crippen LogP contribution in [0.15, 0.2) is 36.4 Å². The number of benzene rings is 2. The van der Waals surface area contributed by atoms with Crippen LogP contribution in [0.3, 0.4) is 0 Å². The lowest BCUT2D eigenvalue weighted by Crippen LogP contribution is -2.51. The molecule has 6 nitrogen and oxygen atoms in total. The van der Waals surface area contributed by atoms with Gasteiger partial charge in [-0.3, -0.25) is 0 Å². The Morgan fingerprint density at radius 1 is 1.24 bits per heavy atom. The van der Waals surface area contributed by atoms with E-state index in [-0.39, 0.29) is 29.5 Å². The number of hydrogen-bond donors (Lipinski definition) is 1. The van der Waals surface area contributed by atoms with Crippen LogP contribution in [0, 0.1) is 17.8 Å². The van der Waals surface area contributed by atoms with Gasteiger partial charge in [0.15, 0.2) is 0 Å². The van der Waals surface area contributed by atoms with E-state index in [1.165, 1.54) is 18.2 Å². The highest BCUT2D eigenvalue weighted by atomic mass is 35.5. The molecule has 2 aliphatic heterocycles. The fourth-order valence-electron chi connectivity index (χ4n) is 7.18. The minimum absolute atomic E-state index is 0.107. The number of fused-ring (bicyclic) bond motifs is 3. The number of hydrogen-bond acceptors (Lipinski definition) is 6. The summed E-state index contributed by atoms with van der Waals surface area (Å²) in [5.74, 6) is 1.55. The van der Waals surface area contributed by atoms with E-state index in [0.29, 0.717) is 37.0 Å². The second-order valence-corrected chi connectivity index (χ2v) is 12.4. The van der Waals surface area contributed by atoms with Gasteiger partial charge in [-0.1, -0.05) is 24.6 Å². The van der Waals surface area contributed by atoms with E-state index in [2.05, 4.69) is 24.0 Å². The minimum Gasteiger partial charge on any atom is -0.490 e. The molecule has 2 aromatic carbocycles. The molecule has 6 rings (SSSR count). The third-order valence-corrected chi connectivity index (χ3v) is 9.81. The maximum absolute atomic E-state index is 12.5. The largest absolute Gasteiger partial charge is 0.490 e. The molecule has 2 fully saturated rings. The monoisotopic (exact) mass is 539 g/mol. The normalized spacial score (nSPS) is 32.4. The number of anilines is 1. The van der Waals surface area contributed by atoms with Crippen LogP contribution in [0.1, 0.15) is 60.5 Å². The predicted octanol–water partition coefficient (Wildman–Crippen LogP) is 5.41. The first-order valence-corrected chi connectivity index (χ1v) is 14.4. The number of carbonyl (C=O) groups is 1. The molecule has 7 heteroatoms. The summed E-state index contributed by atoms with van der Waals surface area (Å²) in [5.41, 5.74) is 3.97. The Morgan fingerprint density at radius 2 is 2.11 bits per heavy atom. The summed E-state index contributed by atoms with van der Waals surface area (Å²) in [6, 6.07) is 11.9. The van der Waals surface area contributed by atoms with E-state index in [9.17, 15) is 9.90 Å². The maximum Gasteiger partial charge on any atom is 0.337 e. The van der Waals surface area contributed by atoms with Crippen molar-refractivity contribution in [2.75, 3.05) is 38.3 Å². The zero-order chi connectivity index (χ0) is 26.4. The first-order valence-electron chi connectivity index (χ1n) is 14.1. The van der Waals surface area contributed by atoms with Gasteiger partial charge in [0.1, 0.15) is 5.75 Å². The number of ether oxygens (including phenoxy) is 3. The van der Waals surface area contributed by atoms with Crippen molar-refractivity contribution in [1.29, 1.82) is 0 Å². The molecule has 2 aliphatic carbocycles. The molecule has 204 valence electrons. The van der Waals surface area contributed by atoms with Gasteiger partial charge < -0.3 is 24.2 Å². The molecule has 1 saturated carbocycles. The Hall–Kier alpha value is -2.28. The van der Waals surface area contributed by atoms with Crippen LogP contribution in [0.5, 0.6) is 5.75 Å². The van der Waals surface area contributed by atoms with E-state index in [1.54, 1.807) is 6.07 Å². The van der Waals surface area contributed by atoms with Crippen molar-refractivity contribution in [2.24, 2.45) is 17.8 Å². The summed E-state index contributed by atoms with van der Waals surface area (Å²) < 4.78 is 17.8. The second kappa shape index (κ2) is 10.4. The van der Waals surface area contributed by atoms with Crippen LogP contribution in [0.25, 0.3) is 0 Å².